The van der Waals surface area contributed by atoms with E-state index in [1.165, 1.54) is 66.1 Å². The first-order valence-corrected chi connectivity index (χ1v) is 16.7. The van der Waals surface area contributed by atoms with Gasteiger partial charge in [-0.15, -0.1) is 0 Å². The van der Waals surface area contributed by atoms with Crippen molar-refractivity contribution in [1.29, 1.82) is 0 Å². The summed E-state index contributed by atoms with van der Waals surface area (Å²) in [5.41, 5.74) is 15.2. The van der Waals surface area contributed by atoms with Crippen molar-refractivity contribution in [2.75, 3.05) is 6.61 Å². The fourth-order valence-corrected chi connectivity index (χ4v) is 8.05. The van der Waals surface area contributed by atoms with E-state index >= 15 is 0 Å². The van der Waals surface area contributed by atoms with E-state index in [9.17, 15) is 0 Å². The van der Waals surface area contributed by atoms with Crippen LogP contribution in [0.5, 0.6) is 5.75 Å². The van der Waals surface area contributed by atoms with Crippen LogP contribution in [-0.4, -0.2) is 16.6 Å². The molecule has 48 heavy (non-hydrogen) atoms. The molecule has 3 heterocycles. The van der Waals surface area contributed by atoms with Gasteiger partial charge in [-0.25, -0.2) is 4.98 Å². The molecule has 0 N–H and O–H groups in total. The maximum atomic E-state index is 5.97. The number of rotatable bonds is 4. The van der Waals surface area contributed by atoms with Gasteiger partial charge in [0.25, 0.3) is 0 Å². The molecule has 8 aromatic rings. The van der Waals surface area contributed by atoms with Crippen molar-refractivity contribution in [3.05, 3.63) is 151 Å². The van der Waals surface area contributed by atoms with Crippen LogP contribution in [0.1, 0.15) is 12.0 Å². The van der Waals surface area contributed by atoms with E-state index in [1.807, 2.05) is 12.3 Å². The third kappa shape index (κ3) is 4.01. The number of nitrogens with zero attached hydrogens (tertiary/aromatic N) is 2. The van der Waals surface area contributed by atoms with Crippen LogP contribution in [0.3, 0.4) is 0 Å². The largest absolute Gasteiger partial charge is 0.493 e. The summed E-state index contributed by atoms with van der Waals surface area (Å²) in [6, 6.07) is 50.3. The second kappa shape index (κ2) is 10.8. The first-order valence-electron chi connectivity index (χ1n) is 16.7. The molecule has 0 radical (unpaired) electrons. The lowest BCUT2D eigenvalue weighted by Gasteiger charge is -2.20. The lowest BCUT2D eigenvalue weighted by molar-refractivity contribution is 0.288. The van der Waals surface area contributed by atoms with Gasteiger partial charge in [-0.3, -0.25) is 4.98 Å². The van der Waals surface area contributed by atoms with E-state index in [2.05, 4.69) is 133 Å². The zero-order valence-electron chi connectivity index (χ0n) is 26.3. The molecule has 6 aromatic carbocycles. The second-order valence-corrected chi connectivity index (χ2v) is 12.7. The number of pyridine rings is 2. The second-order valence-electron chi connectivity index (χ2n) is 12.7. The molecule has 0 unspecified atom stereocenters. The van der Waals surface area contributed by atoms with E-state index in [-0.39, 0.29) is 0 Å². The Morgan fingerprint density at radius 3 is 1.81 bits per heavy atom. The third-order valence-electron chi connectivity index (χ3n) is 10.0. The van der Waals surface area contributed by atoms with Gasteiger partial charge in [0, 0.05) is 17.3 Å². The topological polar surface area (TPSA) is 35.0 Å². The van der Waals surface area contributed by atoms with E-state index in [4.69, 9.17) is 14.7 Å². The molecule has 0 spiro atoms. The average Bonchev–Trinajstić information content (AvgIpc) is 3.49. The predicted octanol–water partition coefficient (Wildman–Crippen LogP) is 11.4. The number of fused-ring (bicyclic) bond motifs is 5. The van der Waals surface area contributed by atoms with Crippen LogP contribution >= 0.6 is 0 Å². The van der Waals surface area contributed by atoms with Gasteiger partial charge in [0.05, 0.1) is 23.7 Å². The van der Waals surface area contributed by atoms with Gasteiger partial charge in [0.1, 0.15) is 5.75 Å². The third-order valence-corrected chi connectivity index (χ3v) is 10.0. The molecule has 0 bridgehead atoms. The lowest BCUT2D eigenvalue weighted by Crippen LogP contribution is -2.10. The molecule has 226 valence electrons. The van der Waals surface area contributed by atoms with Crippen molar-refractivity contribution in [2.45, 2.75) is 12.8 Å². The summed E-state index contributed by atoms with van der Waals surface area (Å²) in [7, 11) is 0. The maximum Gasteiger partial charge on any atom is 0.126 e. The zero-order valence-corrected chi connectivity index (χ0v) is 26.3. The normalized spacial score (nSPS) is 12.9. The summed E-state index contributed by atoms with van der Waals surface area (Å²) in [5.74, 6) is 0.928. The van der Waals surface area contributed by atoms with Crippen molar-refractivity contribution >= 4 is 21.5 Å². The molecule has 0 saturated carbocycles. The van der Waals surface area contributed by atoms with E-state index in [0.29, 0.717) is 0 Å². The Bertz CT molecular complexity index is 2460. The summed E-state index contributed by atoms with van der Waals surface area (Å²) in [6.07, 6.45) is 3.78. The number of hydrogen-bond acceptors (Lipinski definition) is 3. The van der Waals surface area contributed by atoms with Gasteiger partial charge in [-0.2, -0.15) is 0 Å². The Kier molecular flexibility index (Phi) is 6.07. The van der Waals surface area contributed by atoms with Crippen LogP contribution in [0, 0.1) is 0 Å². The maximum absolute atomic E-state index is 5.97. The van der Waals surface area contributed by atoms with Crippen LogP contribution in [0.25, 0.3) is 88.7 Å². The smallest absolute Gasteiger partial charge is 0.126 e. The Morgan fingerprint density at radius 1 is 0.479 bits per heavy atom. The highest BCUT2D eigenvalue weighted by Crippen LogP contribution is 2.58. The highest BCUT2D eigenvalue weighted by atomic mass is 16.5. The number of aromatic nitrogens is 2. The van der Waals surface area contributed by atoms with Crippen molar-refractivity contribution < 1.29 is 4.74 Å². The summed E-state index contributed by atoms with van der Waals surface area (Å²) in [6.45, 7) is 0.751. The summed E-state index contributed by atoms with van der Waals surface area (Å²) in [4.78, 5) is 10.0. The standard InChI is InChI=1S/C45H30N2O/c1-3-12-28(13-4-1)40-32-16-7-8-17-33(32)41(29-14-5-2-6-15-29)44-36-24-23-30(31-18-9-19-35(42(31)36)43(40)44)37-21-10-22-38(47-37)45-34-20-11-27-48-39(34)25-26-46-45/h1-10,12-19,21-26H,11,20,27H2. The Morgan fingerprint density at radius 2 is 1.08 bits per heavy atom. The number of ether oxygens (including phenoxy) is 1. The van der Waals surface area contributed by atoms with Gasteiger partial charge in [-0.1, -0.05) is 121 Å². The molecule has 1 aliphatic carbocycles. The molecular weight excluding hydrogens is 585 g/mol. The molecular formula is C45H30N2O. The SMILES string of the molecule is c1ccc(-c2c3c(c(-c4ccccc4)c4ccccc24)-c2ccc(-c4cccc(-c5nccc6c5CCCO6)n4)c4cccc-3c24)cc1. The Labute approximate surface area is 279 Å². The fraction of sp³-hybridized carbons (Fsp3) is 0.0667. The predicted molar refractivity (Wildman–Crippen MR) is 197 cm³/mol. The Hall–Kier alpha value is -6.06. The molecule has 2 aromatic heterocycles. The molecule has 3 nitrogen and oxygen atoms in total. The molecule has 3 heteroatoms. The minimum absolute atomic E-state index is 0.751. The summed E-state index contributed by atoms with van der Waals surface area (Å²) >= 11 is 0. The molecule has 0 atom stereocenters. The molecule has 0 saturated heterocycles. The van der Waals surface area contributed by atoms with Gasteiger partial charge in [0.2, 0.25) is 0 Å². The quantitative estimate of drug-likeness (QED) is 0.198. The highest BCUT2D eigenvalue weighted by Gasteiger charge is 2.31. The van der Waals surface area contributed by atoms with Crippen LogP contribution < -0.4 is 4.74 Å². The number of benzene rings is 6. The van der Waals surface area contributed by atoms with Gasteiger partial charge >= 0.3 is 0 Å². The molecule has 0 amide bonds. The Balaban J connectivity index is 1.26. The van der Waals surface area contributed by atoms with Crippen LogP contribution in [0.2, 0.25) is 0 Å². The van der Waals surface area contributed by atoms with Crippen LogP contribution in [0.4, 0.5) is 0 Å². The van der Waals surface area contributed by atoms with E-state index < -0.39 is 0 Å². The van der Waals surface area contributed by atoms with Crippen molar-refractivity contribution in [2.24, 2.45) is 0 Å². The molecule has 2 aliphatic rings. The van der Waals surface area contributed by atoms with Gasteiger partial charge in [-0.05, 0) is 97.1 Å². The minimum atomic E-state index is 0.751. The van der Waals surface area contributed by atoms with Crippen molar-refractivity contribution in [1.82, 2.24) is 9.97 Å². The van der Waals surface area contributed by atoms with Crippen LogP contribution in [-0.2, 0) is 6.42 Å². The van der Waals surface area contributed by atoms with Crippen molar-refractivity contribution in [3.63, 3.8) is 0 Å². The van der Waals surface area contributed by atoms with Crippen molar-refractivity contribution in [3.8, 4) is 72.9 Å². The molecule has 1 aliphatic heterocycles. The average molecular weight is 615 g/mol. The first kappa shape index (κ1) is 27.1. The highest BCUT2D eigenvalue weighted by molar-refractivity contribution is 6.28. The lowest BCUT2D eigenvalue weighted by atomic mass is 9.82. The molecule has 10 rings (SSSR count). The zero-order chi connectivity index (χ0) is 31.6. The van der Waals surface area contributed by atoms with Gasteiger partial charge in [0.15, 0.2) is 0 Å². The summed E-state index contributed by atoms with van der Waals surface area (Å²) < 4.78 is 5.97. The summed E-state index contributed by atoms with van der Waals surface area (Å²) in [5, 5.41) is 5.02. The van der Waals surface area contributed by atoms with E-state index in [1.54, 1.807) is 0 Å². The van der Waals surface area contributed by atoms with Gasteiger partial charge < -0.3 is 4.74 Å². The monoisotopic (exact) mass is 614 g/mol. The molecule has 0 fully saturated rings. The van der Waals surface area contributed by atoms with E-state index in [0.717, 1.165) is 53.4 Å². The fourth-order valence-electron chi connectivity index (χ4n) is 8.05. The first-order chi connectivity index (χ1) is 23.8. The minimum Gasteiger partial charge on any atom is -0.493 e. The number of hydrogen-bond donors (Lipinski definition) is 0. The van der Waals surface area contributed by atoms with Crippen LogP contribution in [0.15, 0.2) is 146 Å².